The van der Waals surface area contributed by atoms with Gasteiger partial charge in [-0.05, 0) is 54.7 Å². The molecule has 1 aromatic heterocycles. The molecule has 0 aromatic carbocycles. The van der Waals surface area contributed by atoms with Gasteiger partial charge in [-0.1, -0.05) is 0 Å². The molecule has 2 rings (SSSR count). The van der Waals surface area contributed by atoms with Gasteiger partial charge in [-0.3, -0.25) is 4.99 Å². The Kier molecular flexibility index (Phi) is 5.66. The molecule has 1 aliphatic heterocycles. The van der Waals surface area contributed by atoms with E-state index in [1.54, 1.807) is 11.3 Å². The fraction of sp³-hybridized carbons (Fsp3) is 0.643. The summed E-state index contributed by atoms with van der Waals surface area (Å²) in [7, 11) is 4.03. The van der Waals surface area contributed by atoms with E-state index in [0.29, 0.717) is 0 Å². The Morgan fingerprint density at radius 2 is 2.42 bits per heavy atom. The van der Waals surface area contributed by atoms with Gasteiger partial charge in [0.2, 0.25) is 0 Å². The van der Waals surface area contributed by atoms with E-state index >= 15 is 0 Å². The molecule has 0 saturated carbocycles. The van der Waals surface area contributed by atoms with Crippen molar-refractivity contribution in [1.29, 1.82) is 0 Å². The van der Waals surface area contributed by atoms with Crippen molar-refractivity contribution >= 4 is 17.3 Å². The molecule has 2 heterocycles. The highest BCUT2D eigenvalue weighted by atomic mass is 32.1. The van der Waals surface area contributed by atoms with Crippen molar-refractivity contribution in [2.45, 2.75) is 19.4 Å². The fourth-order valence-corrected chi connectivity index (χ4v) is 3.15. The van der Waals surface area contributed by atoms with Crippen LogP contribution in [0.1, 0.15) is 18.4 Å². The molecule has 0 aliphatic carbocycles. The molecule has 1 atom stereocenters. The lowest BCUT2D eigenvalue weighted by Crippen LogP contribution is -2.43. The molecule has 5 heteroatoms. The van der Waals surface area contributed by atoms with Crippen LogP contribution < -0.4 is 10.6 Å². The van der Waals surface area contributed by atoms with Crippen LogP contribution in [0.5, 0.6) is 0 Å². The van der Waals surface area contributed by atoms with E-state index in [1.165, 1.54) is 31.5 Å². The average Bonchev–Trinajstić information content (AvgIpc) is 2.92. The second-order valence-electron chi connectivity index (χ2n) is 5.21. The SMILES string of the molecule is CN=C(NCc1ccsc1)NCC1CCCN(C)C1. The van der Waals surface area contributed by atoms with Crippen LogP contribution in [0.2, 0.25) is 0 Å². The highest BCUT2D eigenvalue weighted by Crippen LogP contribution is 2.13. The molecule has 1 aromatic rings. The standard InChI is InChI=1S/C14H24N4S/c1-15-14(17-9-13-5-7-19-11-13)16-8-12-4-3-6-18(2)10-12/h5,7,11-12H,3-4,6,8-10H2,1-2H3,(H2,15,16,17). The summed E-state index contributed by atoms with van der Waals surface area (Å²) in [6.45, 7) is 4.28. The van der Waals surface area contributed by atoms with Gasteiger partial charge in [0.05, 0.1) is 0 Å². The number of nitrogens with zero attached hydrogens (tertiary/aromatic N) is 2. The van der Waals surface area contributed by atoms with E-state index in [0.717, 1.165) is 25.0 Å². The van der Waals surface area contributed by atoms with Crippen molar-refractivity contribution < 1.29 is 0 Å². The summed E-state index contributed by atoms with van der Waals surface area (Å²) in [6.07, 6.45) is 2.63. The molecule has 1 fully saturated rings. The van der Waals surface area contributed by atoms with Crippen LogP contribution in [-0.2, 0) is 6.54 Å². The number of rotatable bonds is 4. The zero-order valence-corrected chi connectivity index (χ0v) is 12.7. The van der Waals surface area contributed by atoms with E-state index < -0.39 is 0 Å². The predicted molar refractivity (Wildman–Crippen MR) is 82.7 cm³/mol. The molecule has 0 bridgehead atoms. The molecular formula is C14H24N4S. The lowest BCUT2D eigenvalue weighted by atomic mass is 9.99. The first-order chi connectivity index (χ1) is 9.28. The largest absolute Gasteiger partial charge is 0.356 e. The number of hydrogen-bond donors (Lipinski definition) is 2. The maximum atomic E-state index is 4.28. The van der Waals surface area contributed by atoms with Gasteiger partial charge in [-0.25, -0.2) is 0 Å². The topological polar surface area (TPSA) is 39.7 Å². The van der Waals surface area contributed by atoms with E-state index in [-0.39, 0.29) is 0 Å². The number of aliphatic imine (C=N–C) groups is 1. The molecule has 4 nitrogen and oxygen atoms in total. The zero-order chi connectivity index (χ0) is 13.5. The van der Waals surface area contributed by atoms with Gasteiger partial charge in [-0.15, -0.1) is 0 Å². The number of guanidine groups is 1. The minimum absolute atomic E-state index is 0.735. The lowest BCUT2D eigenvalue weighted by molar-refractivity contribution is 0.210. The van der Waals surface area contributed by atoms with Crippen LogP contribution in [0.4, 0.5) is 0 Å². The molecule has 19 heavy (non-hydrogen) atoms. The third-order valence-electron chi connectivity index (χ3n) is 3.54. The van der Waals surface area contributed by atoms with E-state index in [9.17, 15) is 0 Å². The van der Waals surface area contributed by atoms with Crippen LogP contribution in [-0.4, -0.2) is 44.6 Å². The average molecular weight is 280 g/mol. The molecule has 0 amide bonds. The molecule has 1 aliphatic rings. The first-order valence-corrected chi connectivity index (χ1v) is 7.86. The second-order valence-corrected chi connectivity index (χ2v) is 5.99. The van der Waals surface area contributed by atoms with Gasteiger partial charge in [0.1, 0.15) is 0 Å². The van der Waals surface area contributed by atoms with Gasteiger partial charge in [0.25, 0.3) is 0 Å². The monoisotopic (exact) mass is 280 g/mol. The Labute approximate surface area is 119 Å². The summed E-state index contributed by atoms with van der Waals surface area (Å²) in [4.78, 5) is 6.69. The Balaban J connectivity index is 1.70. The number of nitrogens with one attached hydrogen (secondary N) is 2. The molecule has 0 spiro atoms. The van der Waals surface area contributed by atoms with E-state index in [1.807, 2.05) is 7.05 Å². The zero-order valence-electron chi connectivity index (χ0n) is 11.9. The van der Waals surface area contributed by atoms with Gasteiger partial charge in [0, 0.05) is 26.7 Å². The lowest BCUT2D eigenvalue weighted by Gasteiger charge is -2.30. The van der Waals surface area contributed by atoms with Crippen molar-refractivity contribution in [3.05, 3.63) is 22.4 Å². The van der Waals surface area contributed by atoms with E-state index in [2.05, 4.69) is 44.4 Å². The van der Waals surface area contributed by atoms with Crippen molar-refractivity contribution in [3.63, 3.8) is 0 Å². The van der Waals surface area contributed by atoms with Crippen molar-refractivity contribution in [1.82, 2.24) is 15.5 Å². The molecular weight excluding hydrogens is 256 g/mol. The second kappa shape index (κ2) is 7.50. The van der Waals surface area contributed by atoms with Gasteiger partial charge >= 0.3 is 0 Å². The summed E-state index contributed by atoms with van der Waals surface area (Å²) in [6, 6.07) is 2.14. The minimum atomic E-state index is 0.735. The van der Waals surface area contributed by atoms with Crippen molar-refractivity contribution in [2.24, 2.45) is 10.9 Å². The van der Waals surface area contributed by atoms with Gasteiger partial charge in [0.15, 0.2) is 5.96 Å². The molecule has 106 valence electrons. The Morgan fingerprint density at radius 3 is 3.11 bits per heavy atom. The van der Waals surface area contributed by atoms with Crippen LogP contribution in [0, 0.1) is 5.92 Å². The van der Waals surface area contributed by atoms with Crippen LogP contribution in [0.3, 0.4) is 0 Å². The summed E-state index contributed by atoms with van der Waals surface area (Å²) in [5.41, 5.74) is 1.31. The minimum Gasteiger partial charge on any atom is -0.356 e. The van der Waals surface area contributed by atoms with E-state index in [4.69, 9.17) is 0 Å². The highest BCUT2D eigenvalue weighted by molar-refractivity contribution is 7.07. The third-order valence-corrected chi connectivity index (χ3v) is 4.28. The fourth-order valence-electron chi connectivity index (χ4n) is 2.48. The third kappa shape index (κ3) is 4.84. The number of likely N-dealkylation sites (tertiary alicyclic amines) is 1. The Hall–Kier alpha value is -1.07. The first kappa shape index (κ1) is 14.3. The summed E-state index contributed by atoms with van der Waals surface area (Å²) >= 11 is 1.73. The number of thiophene rings is 1. The summed E-state index contributed by atoms with van der Waals surface area (Å²) in [5.74, 6) is 1.64. The van der Waals surface area contributed by atoms with Crippen LogP contribution in [0.25, 0.3) is 0 Å². The molecule has 1 saturated heterocycles. The number of piperidine rings is 1. The number of hydrogen-bond acceptors (Lipinski definition) is 3. The molecule has 1 unspecified atom stereocenters. The van der Waals surface area contributed by atoms with Crippen molar-refractivity contribution in [3.8, 4) is 0 Å². The Morgan fingerprint density at radius 1 is 1.53 bits per heavy atom. The summed E-state index contributed by atoms with van der Waals surface area (Å²) < 4.78 is 0. The molecule has 0 radical (unpaired) electrons. The maximum absolute atomic E-state index is 4.28. The quantitative estimate of drug-likeness (QED) is 0.652. The van der Waals surface area contributed by atoms with Gasteiger partial charge in [-0.2, -0.15) is 11.3 Å². The first-order valence-electron chi connectivity index (χ1n) is 6.92. The van der Waals surface area contributed by atoms with Crippen molar-refractivity contribution in [2.75, 3.05) is 33.7 Å². The Bertz CT molecular complexity index is 388. The smallest absolute Gasteiger partial charge is 0.191 e. The highest BCUT2D eigenvalue weighted by Gasteiger charge is 2.17. The predicted octanol–water partition coefficient (Wildman–Crippen LogP) is 1.75. The normalized spacial score (nSPS) is 21.4. The molecule has 2 N–H and O–H groups in total. The van der Waals surface area contributed by atoms with Crippen LogP contribution in [0.15, 0.2) is 21.8 Å². The van der Waals surface area contributed by atoms with Gasteiger partial charge < -0.3 is 15.5 Å². The summed E-state index contributed by atoms with van der Waals surface area (Å²) in [5, 5.41) is 11.1. The van der Waals surface area contributed by atoms with Crippen LogP contribution >= 0.6 is 11.3 Å². The maximum Gasteiger partial charge on any atom is 0.191 e.